The monoisotopic (exact) mass is 391 g/mol. The number of nitrogens with one attached hydrogen (secondary N) is 2. The zero-order valence-corrected chi connectivity index (χ0v) is 17.0. The lowest BCUT2D eigenvalue weighted by atomic mass is 10.1. The minimum atomic E-state index is -0.0776. The normalized spacial score (nSPS) is 16.4. The third kappa shape index (κ3) is 4.97. The van der Waals surface area contributed by atoms with Crippen LogP contribution in [0, 0.1) is 12.8 Å². The van der Waals surface area contributed by atoms with Crippen LogP contribution in [0.5, 0.6) is 0 Å². The van der Waals surface area contributed by atoms with E-state index < -0.39 is 0 Å². The van der Waals surface area contributed by atoms with Crippen molar-refractivity contribution in [3.8, 4) is 0 Å². The Labute approximate surface area is 172 Å². The number of carbonyl (C=O) groups is 2. The SMILES string of the molecule is Cc1ccc(CNC(=O)c2ccc(NC(=O)C3CC3)cc2N2CCCCC2)cc1. The van der Waals surface area contributed by atoms with E-state index in [2.05, 4.69) is 34.6 Å². The molecule has 2 aromatic rings. The van der Waals surface area contributed by atoms with Crippen LogP contribution in [0.1, 0.15) is 53.6 Å². The molecule has 5 heteroatoms. The Hall–Kier alpha value is -2.82. The molecule has 4 rings (SSSR count). The Kier molecular flexibility index (Phi) is 5.84. The first-order valence-electron chi connectivity index (χ1n) is 10.6. The van der Waals surface area contributed by atoms with Crippen LogP contribution in [-0.2, 0) is 11.3 Å². The lowest BCUT2D eigenvalue weighted by molar-refractivity contribution is -0.117. The van der Waals surface area contributed by atoms with Crippen molar-refractivity contribution in [2.45, 2.75) is 45.6 Å². The van der Waals surface area contributed by atoms with Gasteiger partial charge in [0.05, 0.1) is 11.3 Å². The van der Waals surface area contributed by atoms with E-state index in [1.54, 1.807) is 0 Å². The molecule has 0 aromatic heterocycles. The molecule has 2 aromatic carbocycles. The number of benzene rings is 2. The third-order valence-electron chi connectivity index (χ3n) is 5.73. The molecule has 0 unspecified atom stereocenters. The molecule has 152 valence electrons. The lowest BCUT2D eigenvalue weighted by Gasteiger charge is -2.30. The zero-order chi connectivity index (χ0) is 20.2. The molecule has 1 aliphatic carbocycles. The molecular formula is C24H29N3O2. The summed E-state index contributed by atoms with van der Waals surface area (Å²) in [6, 6.07) is 13.8. The van der Waals surface area contributed by atoms with Crippen molar-refractivity contribution in [2.24, 2.45) is 5.92 Å². The number of carbonyl (C=O) groups excluding carboxylic acids is 2. The molecule has 0 bridgehead atoms. The molecule has 1 aliphatic heterocycles. The second kappa shape index (κ2) is 8.68. The quantitative estimate of drug-likeness (QED) is 0.773. The number of amides is 2. The van der Waals surface area contributed by atoms with E-state index in [1.165, 1.54) is 12.0 Å². The van der Waals surface area contributed by atoms with Gasteiger partial charge in [-0.2, -0.15) is 0 Å². The van der Waals surface area contributed by atoms with Crippen LogP contribution in [-0.4, -0.2) is 24.9 Å². The van der Waals surface area contributed by atoms with Gasteiger partial charge in [-0.05, 0) is 62.8 Å². The fraction of sp³-hybridized carbons (Fsp3) is 0.417. The van der Waals surface area contributed by atoms with Crippen LogP contribution in [0.3, 0.4) is 0 Å². The zero-order valence-electron chi connectivity index (χ0n) is 17.0. The van der Waals surface area contributed by atoms with Gasteiger partial charge in [-0.25, -0.2) is 0 Å². The van der Waals surface area contributed by atoms with Gasteiger partial charge in [0.25, 0.3) is 5.91 Å². The first kappa shape index (κ1) is 19.5. The number of anilines is 2. The fourth-order valence-corrected chi connectivity index (χ4v) is 3.77. The number of nitrogens with zero attached hydrogens (tertiary/aromatic N) is 1. The van der Waals surface area contributed by atoms with Crippen molar-refractivity contribution in [3.63, 3.8) is 0 Å². The standard InChI is InChI=1S/C24H29N3O2/c1-17-5-7-18(8-6-17)16-25-24(29)21-12-11-20(26-23(28)19-9-10-19)15-22(21)27-13-3-2-4-14-27/h5-8,11-12,15,19H,2-4,9-10,13-14,16H2,1H3,(H,25,29)(H,26,28). The molecule has 2 N–H and O–H groups in total. The molecule has 1 saturated heterocycles. The van der Waals surface area contributed by atoms with Crippen LogP contribution < -0.4 is 15.5 Å². The summed E-state index contributed by atoms with van der Waals surface area (Å²) in [5, 5.41) is 6.07. The maximum atomic E-state index is 13.0. The van der Waals surface area contributed by atoms with Gasteiger partial charge in [0.15, 0.2) is 0 Å². The smallest absolute Gasteiger partial charge is 0.253 e. The molecule has 2 aliphatic rings. The minimum absolute atomic E-state index is 0.0776. The molecule has 2 fully saturated rings. The van der Waals surface area contributed by atoms with Crippen molar-refractivity contribution in [1.29, 1.82) is 0 Å². The van der Waals surface area contributed by atoms with Gasteiger partial charge in [0.2, 0.25) is 5.91 Å². The van der Waals surface area contributed by atoms with E-state index in [9.17, 15) is 9.59 Å². The Bertz CT molecular complexity index is 881. The van der Waals surface area contributed by atoms with E-state index in [0.717, 1.165) is 55.7 Å². The van der Waals surface area contributed by atoms with E-state index in [-0.39, 0.29) is 17.7 Å². The summed E-state index contributed by atoms with van der Waals surface area (Å²) in [4.78, 5) is 27.4. The van der Waals surface area contributed by atoms with E-state index >= 15 is 0 Å². The number of piperidine rings is 1. The van der Waals surface area contributed by atoms with Crippen molar-refractivity contribution in [2.75, 3.05) is 23.3 Å². The van der Waals surface area contributed by atoms with Crippen LogP contribution in [0.15, 0.2) is 42.5 Å². The topological polar surface area (TPSA) is 61.4 Å². The molecule has 5 nitrogen and oxygen atoms in total. The van der Waals surface area contributed by atoms with E-state index in [1.807, 2.05) is 30.3 Å². The molecule has 1 saturated carbocycles. The Balaban J connectivity index is 1.52. The lowest BCUT2D eigenvalue weighted by Crippen LogP contribution is -2.32. The third-order valence-corrected chi connectivity index (χ3v) is 5.73. The molecule has 0 spiro atoms. The van der Waals surface area contributed by atoms with Crippen molar-refractivity contribution in [3.05, 3.63) is 59.2 Å². The first-order chi connectivity index (χ1) is 14.1. The molecule has 29 heavy (non-hydrogen) atoms. The van der Waals surface area contributed by atoms with Gasteiger partial charge in [0.1, 0.15) is 0 Å². The largest absolute Gasteiger partial charge is 0.371 e. The highest BCUT2D eigenvalue weighted by atomic mass is 16.2. The van der Waals surface area contributed by atoms with Gasteiger partial charge < -0.3 is 15.5 Å². The fourth-order valence-electron chi connectivity index (χ4n) is 3.77. The number of rotatable bonds is 6. The molecular weight excluding hydrogens is 362 g/mol. The number of hydrogen-bond acceptors (Lipinski definition) is 3. The Morgan fingerprint density at radius 3 is 2.41 bits per heavy atom. The summed E-state index contributed by atoms with van der Waals surface area (Å²) in [7, 11) is 0. The summed E-state index contributed by atoms with van der Waals surface area (Å²) in [6.07, 6.45) is 5.43. The summed E-state index contributed by atoms with van der Waals surface area (Å²) < 4.78 is 0. The number of hydrogen-bond donors (Lipinski definition) is 2. The highest BCUT2D eigenvalue weighted by molar-refractivity contribution is 6.02. The maximum Gasteiger partial charge on any atom is 0.253 e. The second-order valence-corrected chi connectivity index (χ2v) is 8.21. The molecule has 0 atom stereocenters. The predicted octanol–water partition coefficient (Wildman–Crippen LogP) is 4.26. The highest BCUT2D eigenvalue weighted by Gasteiger charge is 2.30. The second-order valence-electron chi connectivity index (χ2n) is 8.21. The summed E-state index contributed by atoms with van der Waals surface area (Å²) >= 11 is 0. The highest BCUT2D eigenvalue weighted by Crippen LogP contribution is 2.32. The van der Waals surface area contributed by atoms with Crippen LogP contribution in [0.4, 0.5) is 11.4 Å². The van der Waals surface area contributed by atoms with Crippen LogP contribution in [0.25, 0.3) is 0 Å². The Morgan fingerprint density at radius 2 is 1.72 bits per heavy atom. The van der Waals surface area contributed by atoms with Crippen molar-refractivity contribution in [1.82, 2.24) is 5.32 Å². The molecule has 2 amide bonds. The summed E-state index contributed by atoms with van der Waals surface area (Å²) in [5.41, 5.74) is 4.65. The molecule has 1 heterocycles. The van der Waals surface area contributed by atoms with Gasteiger partial charge in [-0.1, -0.05) is 29.8 Å². The average molecular weight is 392 g/mol. The summed E-state index contributed by atoms with van der Waals surface area (Å²) in [6.45, 7) is 4.44. The van der Waals surface area contributed by atoms with Gasteiger partial charge in [-0.15, -0.1) is 0 Å². The van der Waals surface area contributed by atoms with Crippen LogP contribution in [0.2, 0.25) is 0 Å². The van der Waals surface area contributed by atoms with E-state index in [4.69, 9.17) is 0 Å². The summed E-state index contributed by atoms with van der Waals surface area (Å²) in [5.74, 6) is 0.170. The predicted molar refractivity (Wildman–Crippen MR) is 116 cm³/mol. The van der Waals surface area contributed by atoms with Crippen molar-refractivity contribution >= 4 is 23.2 Å². The van der Waals surface area contributed by atoms with Gasteiger partial charge in [0, 0.05) is 31.2 Å². The van der Waals surface area contributed by atoms with Crippen LogP contribution >= 0.6 is 0 Å². The number of aryl methyl sites for hydroxylation is 1. The van der Waals surface area contributed by atoms with Gasteiger partial charge >= 0.3 is 0 Å². The van der Waals surface area contributed by atoms with Gasteiger partial charge in [-0.3, -0.25) is 9.59 Å². The molecule has 0 radical (unpaired) electrons. The Morgan fingerprint density at radius 1 is 1.00 bits per heavy atom. The average Bonchev–Trinajstić information content (AvgIpc) is 3.59. The minimum Gasteiger partial charge on any atom is -0.371 e. The van der Waals surface area contributed by atoms with Crippen molar-refractivity contribution < 1.29 is 9.59 Å². The first-order valence-corrected chi connectivity index (χ1v) is 10.6. The van der Waals surface area contributed by atoms with E-state index in [0.29, 0.717) is 12.1 Å². The maximum absolute atomic E-state index is 13.0.